The molecule has 5 nitrogen and oxygen atoms in total. The number of benzene rings is 1. The number of nitrogens with one attached hydrogen (secondary N) is 1. The van der Waals surface area contributed by atoms with E-state index >= 15 is 0 Å². The highest BCUT2D eigenvalue weighted by Gasteiger charge is 2.05. The Hall–Kier alpha value is -1.88. The van der Waals surface area contributed by atoms with Gasteiger partial charge < -0.3 is 9.80 Å². The van der Waals surface area contributed by atoms with Gasteiger partial charge in [-0.3, -0.25) is 10.1 Å². The molecule has 5 heteroatoms. The number of para-hydroxylation sites is 1. The maximum atomic E-state index is 11.3. The zero-order chi connectivity index (χ0) is 16.5. The Labute approximate surface area is 134 Å². The van der Waals surface area contributed by atoms with Gasteiger partial charge in [-0.25, -0.2) is 4.99 Å². The number of hydrogen-bond donors (Lipinski definition) is 1. The van der Waals surface area contributed by atoms with Crippen molar-refractivity contribution in [3.63, 3.8) is 0 Å². The van der Waals surface area contributed by atoms with Crippen LogP contribution in [0.2, 0.25) is 0 Å². The van der Waals surface area contributed by atoms with E-state index in [9.17, 15) is 4.79 Å². The largest absolute Gasteiger partial charge is 0.351 e. The SMILES string of the molecule is CCN(CCNCN(C)C(C)=Nc1ccccc1C)C(C)=O. The van der Waals surface area contributed by atoms with Crippen LogP contribution in [0.5, 0.6) is 0 Å². The molecular formula is C17H28N4O. The summed E-state index contributed by atoms with van der Waals surface area (Å²) in [6.45, 7) is 10.6. The van der Waals surface area contributed by atoms with Crippen molar-refractivity contribution in [2.45, 2.75) is 27.7 Å². The molecule has 0 saturated heterocycles. The second kappa shape index (κ2) is 9.20. The van der Waals surface area contributed by atoms with Crippen molar-refractivity contribution in [1.29, 1.82) is 0 Å². The summed E-state index contributed by atoms with van der Waals surface area (Å²) in [5.74, 6) is 1.08. The van der Waals surface area contributed by atoms with Crippen molar-refractivity contribution in [1.82, 2.24) is 15.1 Å². The van der Waals surface area contributed by atoms with Gasteiger partial charge in [-0.05, 0) is 32.4 Å². The Morgan fingerprint density at radius 3 is 2.55 bits per heavy atom. The molecule has 1 aromatic carbocycles. The summed E-state index contributed by atoms with van der Waals surface area (Å²) in [6, 6.07) is 8.10. The van der Waals surface area contributed by atoms with Gasteiger partial charge in [-0.2, -0.15) is 0 Å². The van der Waals surface area contributed by atoms with Crippen molar-refractivity contribution in [3.05, 3.63) is 29.8 Å². The number of carbonyl (C=O) groups is 1. The lowest BCUT2D eigenvalue weighted by Crippen LogP contribution is -2.40. The molecule has 0 radical (unpaired) electrons. The number of likely N-dealkylation sites (N-methyl/N-ethyl adjacent to an activating group) is 1. The minimum Gasteiger partial charge on any atom is -0.351 e. The molecule has 0 aliphatic heterocycles. The van der Waals surface area contributed by atoms with E-state index in [1.54, 1.807) is 6.92 Å². The molecule has 1 N–H and O–H groups in total. The maximum Gasteiger partial charge on any atom is 0.219 e. The normalized spacial score (nSPS) is 11.4. The zero-order valence-corrected chi connectivity index (χ0v) is 14.4. The van der Waals surface area contributed by atoms with Gasteiger partial charge in [0.1, 0.15) is 5.84 Å². The molecule has 1 amide bonds. The maximum absolute atomic E-state index is 11.3. The summed E-state index contributed by atoms with van der Waals surface area (Å²) < 4.78 is 0. The molecule has 22 heavy (non-hydrogen) atoms. The summed E-state index contributed by atoms with van der Waals surface area (Å²) in [4.78, 5) is 19.9. The first-order chi connectivity index (χ1) is 10.5. The lowest BCUT2D eigenvalue weighted by atomic mass is 10.2. The quantitative estimate of drug-likeness (QED) is 0.364. The summed E-state index contributed by atoms with van der Waals surface area (Å²) in [5, 5.41) is 3.34. The van der Waals surface area contributed by atoms with E-state index in [1.807, 2.05) is 44.0 Å². The van der Waals surface area contributed by atoms with Crippen LogP contribution in [0.25, 0.3) is 0 Å². The van der Waals surface area contributed by atoms with Gasteiger partial charge in [0, 0.05) is 33.6 Å². The highest BCUT2D eigenvalue weighted by molar-refractivity contribution is 5.82. The smallest absolute Gasteiger partial charge is 0.219 e. The molecule has 0 aromatic heterocycles. The number of nitrogens with zero attached hydrogens (tertiary/aromatic N) is 3. The van der Waals surface area contributed by atoms with Gasteiger partial charge in [0.25, 0.3) is 0 Å². The van der Waals surface area contributed by atoms with E-state index < -0.39 is 0 Å². The monoisotopic (exact) mass is 304 g/mol. The van der Waals surface area contributed by atoms with Crippen molar-refractivity contribution in [2.75, 3.05) is 33.4 Å². The second-order valence-electron chi connectivity index (χ2n) is 5.40. The van der Waals surface area contributed by atoms with Crippen LogP contribution in [-0.2, 0) is 4.79 Å². The van der Waals surface area contributed by atoms with Gasteiger partial charge >= 0.3 is 0 Å². The first-order valence-corrected chi connectivity index (χ1v) is 7.74. The molecule has 0 aliphatic rings. The minimum absolute atomic E-state index is 0.120. The fourth-order valence-corrected chi connectivity index (χ4v) is 2.06. The van der Waals surface area contributed by atoms with Crippen LogP contribution in [0.15, 0.2) is 29.3 Å². The van der Waals surface area contributed by atoms with Crippen LogP contribution >= 0.6 is 0 Å². The summed E-state index contributed by atoms with van der Waals surface area (Å²) in [5.41, 5.74) is 2.17. The van der Waals surface area contributed by atoms with E-state index in [-0.39, 0.29) is 5.91 Å². The molecule has 0 bridgehead atoms. The van der Waals surface area contributed by atoms with Crippen LogP contribution in [-0.4, -0.2) is 54.9 Å². The molecule has 0 unspecified atom stereocenters. The van der Waals surface area contributed by atoms with E-state index in [0.29, 0.717) is 6.67 Å². The van der Waals surface area contributed by atoms with Crippen molar-refractivity contribution in [2.24, 2.45) is 4.99 Å². The Bertz CT molecular complexity index is 513. The minimum atomic E-state index is 0.120. The highest BCUT2D eigenvalue weighted by Crippen LogP contribution is 2.17. The van der Waals surface area contributed by atoms with Gasteiger partial charge in [-0.15, -0.1) is 0 Å². The predicted molar refractivity (Wildman–Crippen MR) is 92.5 cm³/mol. The van der Waals surface area contributed by atoms with Crippen LogP contribution in [0.1, 0.15) is 26.3 Å². The van der Waals surface area contributed by atoms with Gasteiger partial charge in [0.2, 0.25) is 5.91 Å². The first kappa shape index (κ1) is 18.2. The molecule has 0 atom stereocenters. The number of hydrogen-bond acceptors (Lipinski definition) is 3. The van der Waals surface area contributed by atoms with Crippen LogP contribution in [0.3, 0.4) is 0 Å². The molecule has 0 heterocycles. The summed E-state index contributed by atoms with van der Waals surface area (Å²) in [6.07, 6.45) is 0. The fourth-order valence-electron chi connectivity index (χ4n) is 2.06. The Morgan fingerprint density at radius 1 is 1.27 bits per heavy atom. The zero-order valence-electron chi connectivity index (χ0n) is 14.4. The fraction of sp³-hybridized carbons (Fsp3) is 0.529. The Kier molecular flexibility index (Phi) is 7.60. The number of aryl methyl sites for hydroxylation is 1. The average Bonchev–Trinajstić information content (AvgIpc) is 2.48. The number of carbonyl (C=O) groups excluding carboxylic acids is 1. The van der Waals surface area contributed by atoms with Gasteiger partial charge in [-0.1, -0.05) is 18.2 Å². The molecule has 1 rings (SSSR count). The van der Waals surface area contributed by atoms with E-state index in [4.69, 9.17) is 0 Å². The average molecular weight is 304 g/mol. The van der Waals surface area contributed by atoms with Crippen LogP contribution < -0.4 is 5.32 Å². The molecule has 1 aromatic rings. The lowest BCUT2D eigenvalue weighted by Gasteiger charge is -2.22. The third kappa shape index (κ3) is 5.85. The van der Waals surface area contributed by atoms with E-state index in [0.717, 1.165) is 31.2 Å². The molecule has 0 fully saturated rings. The van der Waals surface area contributed by atoms with Crippen LogP contribution in [0, 0.1) is 6.92 Å². The lowest BCUT2D eigenvalue weighted by molar-refractivity contribution is -0.128. The summed E-state index contributed by atoms with van der Waals surface area (Å²) >= 11 is 0. The van der Waals surface area contributed by atoms with E-state index in [2.05, 4.69) is 28.2 Å². The summed E-state index contributed by atoms with van der Waals surface area (Å²) in [7, 11) is 2.01. The van der Waals surface area contributed by atoms with Crippen LogP contribution in [0.4, 0.5) is 5.69 Å². The number of aliphatic imine (C=N–C) groups is 1. The number of amidine groups is 1. The first-order valence-electron chi connectivity index (χ1n) is 7.74. The molecule has 122 valence electrons. The number of amides is 1. The molecule has 0 spiro atoms. The highest BCUT2D eigenvalue weighted by atomic mass is 16.2. The van der Waals surface area contributed by atoms with Crippen molar-refractivity contribution < 1.29 is 4.79 Å². The topological polar surface area (TPSA) is 47.9 Å². The molecule has 0 aliphatic carbocycles. The molecular weight excluding hydrogens is 276 g/mol. The Balaban J connectivity index is 2.43. The predicted octanol–water partition coefficient (Wildman–Crippen LogP) is 2.39. The second-order valence-corrected chi connectivity index (χ2v) is 5.40. The van der Waals surface area contributed by atoms with Crippen molar-refractivity contribution in [3.8, 4) is 0 Å². The molecule has 0 saturated carbocycles. The van der Waals surface area contributed by atoms with Crippen molar-refractivity contribution >= 4 is 17.4 Å². The third-order valence-corrected chi connectivity index (χ3v) is 3.68. The van der Waals surface area contributed by atoms with Gasteiger partial charge in [0.15, 0.2) is 0 Å². The Morgan fingerprint density at radius 2 is 1.95 bits per heavy atom. The van der Waals surface area contributed by atoms with E-state index in [1.165, 1.54) is 5.56 Å². The number of rotatable bonds is 7. The third-order valence-electron chi connectivity index (χ3n) is 3.68. The standard InChI is InChI=1S/C17H28N4O/c1-6-21(16(4)22)12-11-18-13-20(5)15(3)19-17-10-8-7-9-14(17)2/h7-10,18H,6,11-13H2,1-5H3. The van der Waals surface area contributed by atoms with Gasteiger partial charge in [0.05, 0.1) is 12.4 Å².